The number of carbonyl (C=O) groups is 2. The minimum absolute atomic E-state index is 0.00964. The van der Waals surface area contributed by atoms with Crippen molar-refractivity contribution in [1.82, 2.24) is 14.9 Å². The standard InChI is InChI=1S/C22H23ClF4N6O2/c23-14-6-13(22(25,26)27)7-15(8-14)31-16-2-1-4-33(21(16)35)17-9-32(5-3-12(17)10-34)20-18(24)19(28)29-11-30-20/h6-8,10-12,16-17,31H,1-5,9H2,(H2,28,29,30)/t12-,16+,17+/m0/s1. The van der Waals surface area contributed by atoms with Gasteiger partial charge in [0.05, 0.1) is 11.6 Å². The quantitative estimate of drug-likeness (QED) is 0.465. The lowest BCUT2D eigenvalue weighted by atomic mass is 9.89. The van der Waals surface area contributed by atoms with E-state index in [0.29, 0.717) is 32.4 Å². The molecule has 1 amide bonds. The molecule has 188 valence electrons. The summed E-state index contributed by atoms with van der Waals surface area (Å²) in [7, 11) is 0. The smallest absolute Gasteiger partial charge is 0.381 e. The van der Waals surface area contributed by atoms with Crippen molar-refractivity contribution < 1.29 is 27.2 Å². The Morgan fingerprint density at radius 3 is 2.66 bits per heavy atom. The third kappa shape index (κ3) is 5.26. The summed E-state index contributed by atoms with van der Waals surface area (Å²) in [5, 5.41) is 2.76. The van der Waals surface area contributed by atoms with E-state index in [1.54, 1.807) is 9.80 Å². The molecule has 2 aliphatic heterocycles. The van der Waals surface area contributed by atoms with Crippen LogP contribution in [0.5, 0.6) is 0 Å². The number of piperidine rings is 2. The number of carbonyl (C=O) groups excluding carboxylic acids is 2. The summed E-state index contributed by atoms with van der Waals surface area (Å²) >= 11 is 5.87. The molecule has 35 heavy (non-hydrogen) atoms. The van der Waals surface area contributed by atoms with Crippen LogP contribution in [-0.4, -0.2) is 58.8 Å². The van der Waals surface area contributed by atoms with Crippen molar-refractivity contribution in [2.45, 2.75) is 37.5 Å². The van der Waals surface area contributed by atoms with Gasteiger partial charge in [-0.05, 0) is 37.5 Å². The molecule has 0 saturated carbocycles. The molecule has 0 radical (unpaired) electrons. The van der Waals surface area contributed by atoms with E-state index in [1.165, 1.54) is 6.07 Å². The van der Waals surface area contributed by atoms with Gasteiger partial charge in [-0.2, -0.15) is 17.6 Å². The van der Waals surface area contributed by atoms with Crippen LogP contribution >= 0.6 is 11.6 Å². The van der Waals surface area contributed by atoms with Crippen LogP contribution in [0.15, 0.2) is 24.5 Å². The minimum Gasteiger partial charge on any atom is -0.381 e. The molecule has 8 nitrogen and oxygen atoms in total. The second-order valence-electron chi connectivity index (χ2n) is 8.60. The van der Waals surface area contributed by atoms with E-state index in [4.69, 9.17) is 17.3 Å². The van der Waals surface area contributed by atoms with E-state index >= 15 is 0 Å². The molecule has 1 aromatic carbocycles. The number of alkyl halides is 3. The molecule has 2 aromatic rings. The van der Waals surface area contributed by atoms with Gasteiger partial charge in [0.25, 0.3) is 0 Å². The molecule has 3 atom stereocenters. The summed E-state index contributed by atoms with van der Waals surface area (Å²) in [6.07, 6.45) is -1.35. The van der Waals surface area contributed by atoms with E-state index < -0.39 is 35.6 Å². The number of aldehydes is 1. The van der Waals surface area contributed by atoms with Crippen molar-refractivity contribution in [3.63, 3.8) is 0 Å². The van der Waals surface area contributed by atoms with Gasteiger partial charge >= 0.3 is 6.18 Å². The first-order valence-corrected chi connectivity index (χ1v) is 11.4. The minimum atomic E-state index is -4.59. The maximum absolute atomic E-state index is 14.5. The van der Waals surface area contributed by atoms with Crippen molar-refractivity contribution in [1.29, 1.82) is 0 Å². The summed E-state index contributed by atoms with van der Waals surface area (Å²) in [4.78, 5) is 35.9. The van der Waals surface area contributed by atoms with Gasteiger partial charge in [0.15, 0.2) is 11.6 Å². The normalized spacial score (nSPS) is 23.3. The van der Waals surface area contributed by atoms with Crippen LogP contribution < -0.4 is 16.0 Å². The summed E-state index contributed by atoms with van der Waals surface area (Å²) in [6.45, 7) is 0.835. The lowest BCUT2D eigenvalue weighted by molar-refractivity contribution is -0.139. The van der Waals surface area contributed by atoms with Crippen LogP contribution in [-0.2, 0) is 15.8 Å². The number of nitrogen functional groups attached to an aromatic ring is 1. The van der Waals surface area contributed by atoms with Gasteiger partial charge in [-0.25, -0.2) is 9.97 Å². The van der Waals surface area contributed by atoms with Gasteiger partial charge in [0, 0.05) is 36.3 Å². The van der Waals surface area contributed by atoms with Gasteiger partial charge in [0.1, 0.15) is 18.7 Å². The Balaban J connectivity index is 1.55. The Kier molecular flexibility index (Phi) is 7.02. The van der Waals surface area contributed by atoms with E-state index in [-0.39, 0.29) is 34.8 Å². The molecule has 0 spiro atoms. The van der Waals surface area contributed by atoms with Gasteiger partial charge in [-0.1, -0.05) is 11.6 Å². The van der Waals surface area contributed by atoms with Crippen LogP contribution in [0.25, 0.3) is 0 Å². The zero-order valence-corrected chi connectivity index (χ0v) is 19.2. The highest BCUT2D eigenvalue weighted by Gasteiger charge is 2.41. The molecule has 2 fully saturated rings. The molecule has 2 aliphatic rings. The Morgan fingerprint density at radius 2 is 1.94 bits per heavy atom. The van der Waals surface area contributed by atoms with Crippen molar-refractivity contribution in [2.75, 3.05) is 35.6 Å². The Morgan fingerprint density at radius 1 is 1.17 bits per heavy atom. The Bertz CT molecular complexity index is 1120. The number of likely N-dealkylation sites (tertiary alicyclic amines) is 1. The molecule has 3 heterocycles. The van der Waals surface area contributed by atoms with Crippen molar-refractivity contribution in [2.24, 2.45) is 5.92 Å². The molecule has 3 N–H and O–H groups in total. The first-order chi connectivity index (χ1) is 16.6. The Labute approximate surface area is 203 Å². The van der Waals surface area contributed by atoms with Gasteiger partial charge in [0.2, 0.25) is 11.7 Å². The summed E-state index contributed by atoms with van der Waals surface area (Å²) < 4.78 is 54.1. The van der Waals surface area contributed by atoms with Crippen molar-refractivity contribution >= 4 is 41.1 Å². The molecule has 13 heteroatoms. The van der Waals surface area contributed by atoms with Crippen LogP contribution in [0.3, 0.4) is 0 Å². The summed E-state index contributed by atoms with van der Waals surface area (Å²) in [6, 6.07) is 1.65. The number of halogens is 5. The maximum atomic E-state index is 14.5. The van der Waals surface area contributed by atoms with Crippen LogP contribution in [0.2, 0.25) is 5.02 Å². The molecule has 4 rings (SSSR count). The van der Waals surface area contributed by atoms with Gasteiger partial charge in [-0.3, -0.25) is 4.79 Å². The highest BCUT2D eigenvalue weighted by Crippen LogP contribution is 2.34. The SMILES string of the molecule is Nc1ncnc(N2CC[C@@H](C=O)[C@H](N3CCC[C@@H](Nc4cc(Cl)cc(C(F)(F)F)c4)C3=O)C2)c1F. The molecular weight excluding hydrogens is 492 g/mol. The number of hydrogen-bond donors (Lipinski definition) is 2. The average Bonchev–Trinajstić information content (AvgIpc) is 2.81. The van der Waals surface area contributed by atoms with E-state index in [2.05, 4.69) is 15.3 Å². The van der Waals surface area contributed by atoms with E-state index in [1.807, 2.05) is 0 Å². The third-order valence-electron chi connectivity index (χ3n) is 6.35. The number of nitrogens with two attached hydrogens (primary N) is 1. The number of aromatic nitrogens is 2. The number of nitrogens with zero attached hydrogens (tertiary/aromatic N) is 4. The van der Waals surface area contributed by atoms with Crippen LogP contribution in [0, 0.1) is 11.7 Å². The molecule has 0 unspecified atom stereocenters. The second-order valence-corrected chi connectivity index (χ2v) is 9.03. The lowest BCUT2D eigenvalue weighted by Gasteiger charge is -2.45. The molecule has 2 saturated heterocycles. The van der Waals surface area contributed by atoms with Crippen LogP contribution in [0.1, 0.15) is 24.8 Å². The highest BCUT2D eigenvalue weighted by atomic mass is 35.5. The second kappa shape index (κ2) is 9.84. The fraction of sp³-hybridized carbons (Fsp3) is 0.455. The number of benzene rings is 1. The summed E-state index contributed by atoms with van der Waals surface area (Å²) in [5.74, 6) is -1.93. The molecule has 0 bridgehead atoms. The molecule has 1 aromatic heterocycles. The largest absolute Gasteiger partial charge is 0.416 e. The van der Waals surface area contributed by atoms with Gasteiger partial charge < -0.3 is 25.6 Å². The fourth-order valence-electron chi connectivity index (χ4n) is 4.63. The Hall–Kier alpha value is -3.15. The van der Waals surface area contributed by atoms with Gasteiger partial charge in [-0.15, -0.1) is 0 Å². The fourth-order valence-corrected chi connectivity index (χ4v) is 4.86. The summed E-state index contributed by atoms with van der Waals surface area (Å²) in [5.41, 5.74) is 4.70. The first kappa shape index (κ1) is 25.0. The zero-order valence-electron chi connectivity index (χ0n) is 18.4. The lowest BCUT2D eigenvalue weighted by Crippen LogP contribution is -2.60. The molecule has 0 aliphatic carbocycles. The van der Waals surface area contributed by atoms with Crippen LogP contribution in [0.4, 0.5) is 34.9 Å². The first-order valence-electron chi connectivity index (χ1n) is 11.0. The number of nitrogens with one attached hydrogen (secondary N) is 1. The maximum Gasteiger partial charge on any atom is 0.416 e. The number of amides is 1. The predicted molar refractivity (Wildman–Crippen MR) is 121 cm³/mol. The number of hydrogen-bond acceptors (Lipinski definition) is 7. The topological polar surface area (TPSA) is 104 Å². The zero-order chi connectivity index (χ0) is 25.3. The number of anilines is 3. The van der Waals surface area contributed by atoms with Crippen molar-refractivity contribution in [3.8, 4) is 0 Å². The monoisotopic (exact) mass is 514 g/mol. The van der Waals surface area contributed by atoms with E-state index in [9.17, 15) is 27.2 Å². The van der Waals surface area contributed by atoms with E-state index in [0.717, 1.165) is 24.7 Å². The predicted octanol–water partition coefficient (Wildman–Crippen LogP) is 3.37. The highest BCUT2D eigenvalue weighted by molar-refractivity contribution is 6.31. The molecular formula is C22H23ClF4N6O2. The van der Waals surface area contributed by atoms with Crippen molar-refractivity contribution in [3.05, 3.63) is 40.9 Å². The average molecular weight is 515 g/mol. The number of rotatable bonds is 5. The third-order valence-corrected chi connectivity index (χ3v) is 6.56.